The van der Waals surface area contributed by atoms with E-state index in [1.165, 1.54) is 0 Å². The van der Waals surface area contributed by atoms with Crippen LogP contribution >= 0.6 is 0 Å². The van der Waals surface area contributed by atoms with Crippen LogP contribution in [0.15, 0.2) is 42.6 Å². The highest BCUT2D eigenvalue weighted by Crippen LogP contribution is 2.33. The van der Waals surface area contributed by atoms with Gasteiger partial charge in [0.25, 0.3) is 5.91 Å². The molecule has 1 aliphatic rings. The number of amides is 1. The fourth-order valence-electron chi connectivity index (χ4n) is 2.40. The first-order valence-electron chi connectivity index (χ1n) is 6.40. The lowest BCUT2D eigenvalue weighted by atomic mass is 10.1. The molecule has 6 nitrogen and oxygen atoms in total. The van der Waals surface area contributed by atoms with E-state index in [2.05, 4.69) is 5.10 Å². The first-order chi connectivity index (χ1) is 10.2. The minimum atomic E-state index is -0.489. The zero-order valence-electron chi connectivity index (χ0n) is 10.9. The van der Waals surface area contributed by atoms with Crippen LogP contribution in [-0.4, -0.2) is 22.5 Å². The normalized spacial score (nSPS) is 12.8. The lowest BCUT2D eigenvalue weighted by Crippen LogP contribution is -2.11. The Morgan fingerprint density at radius 1 is 1.19 bits per heavy atom. The Morgan fingerprint density at radius 3 is 2.90 bits per heavy atom. The van der Waals surface area contributed by atoms with Crippen LogP contribution in [0.3, 0.4) is 0 Å². The lowest BCUT2D eigenvalue weighted by molar-refractivity contribution is 0.100. The zero-order chi connectivity index (χ0) is 14.4. The van der Waals surface area contributed by atoms with E-state index in [9.17, 15) is 4.79 Å². The van der Waals surface area contributed by atoms with Crippen molar-refractivity contribution in [2.45, 2.75) is 0 Å². The van der Waals surface area contributed by atoms with Crippen LogP contribution in [0.4, 0.5) is 0 Å². The maximum atomic E-state index is 11.5. The van der Waals surface area contributed by atoms with Gasteiger partial charge in [0, 0.05) is 17.6 Å². The number of rotatable bonds is 2. The molecule has 0 radical (unpaired) electrons. The third-order valence-electron chi connectivity index (χ3n) is 3.42. The highest BCUT2D eigenvalue weighted by Gasteiger charge is 2.15. The smallest absolute Gasteiger partial charge is 0.250 e. The van der Waals surface area contributed by atoms with Crippen LogP contribution in [-0.2, 0) is 0 Å². The van der Waals surface area contributed by atoms with E-state index in [4.69, 9.17) is 15.2 Å². The molecule has 2 aromatic carbocycles. The highest BCUT2D eigenvalue weighted by molar-refractivity contribution is 6.04. The van der Waals surface area contributed by atoms with Crippen molar-refractivity contribution in [2.75, 3.05) is 6.79 Å². The van der Waals surface area contributed by atoms with E-state index >= 15 is 0 Å². The molecule has 0 spiro atoms. The quantitative estimate of drug-likeness (QED) is 0.777. The molecule has 0 bridgehead atoms. The summed E-state index contributed by atoms with van der Waals surface area (Å²) in [4.78, 5) is 11.5. The Labute approximate surface area is 119 Å². The van der Waals surface area contributed by atoms with Crippen molar-refractivity contribution in [2.24, 2.45) is 5.73 Å². The standard InChI is InChI=1S/C15H11N3O3/c16-15(19)11-3-1-2-9-7-18(17-14(9)11)10-4-5-12-13(6-10)21-8-20-12/h1-7H,8H2,(H2,16,19). The summed E-state index contributed by atoms with van der Waals surface area (Å²) in [6.45, 7) is 0.228. The molecule has 4 rings (SSSR count). The van der Waals surface area contributed by atoms with E-state index in [-0.39, 0.29) is 6.79 Å². The van der Waals surface area contributed by atoms with Crippen molar-refractivity contribution in [3.63, 3.8) is 0 Å². The van der Waals surface area contributed by atoms with Gasteiger partial charge in [0.2, 0.25) is 6.79 Å². The molecule has 2 heterocycles. The van der Waals surface area contributed by atoms with E-state index in [1.807, 2.05) is 30.5 Å². The van der Waals surface area contributed by atoms with Gasteiger partial charge in [-0.15, -0.1) is 0 Å². The number of primary amides is 1. The maximum absolute atomic E-state index is 11.5. The zero-order valence-corrected chi connectivity index (χ0v) is 10.9. The van der Waals surface area contributed by atoms with Crippen LogP contribution in [0.1, 0.15) is 10.4 Å². The van der Waals surface area contributed by atoms with Crippen LogP contribution in [0.2, 0.25) is 0 Å². The number of carbonyl (C=O) groups excluding carboxylic acids is 1. The van der Waals surface area contributed by atoms with E-state index in [0.29, 0.717) is 22.6 Å². The lowest BCUT2D eigenvalue weighted by Gasteiger charge is -2.02. The second kappa shape index (κ2) is 4.24. The number of nitrogens with two attached hydrogens (primary N) is 1. The molecule has 2 N–H and O–H groups in total. The van der Waals surface area contributed by atoms with Crippen LogP contribution in [0.25, 0.3) is 16.6 Å². The Kier molecular flexibility index (Phi) is 2.38. The Bertz CT molecular complexity index is 870. The molecular formula is C15H11N3O3. The number of ether oxygens (including phenoxy) is 2. The number of hydrogen-bond acceptors (Lipinski definition) is 4. The molecule has 0 saturated heterocycles. The van der Waals surface area contributed by atoms with Gasteiger partial charge in [-0.05, 0) is 18.2 Å². The molecule has 0 aliphatic carbocycles. The largest absolute Gasteiger partial charge is 0.454 e. The molecule has 21 heavy (non-hydrogen) atoms. The van der Waals surface area contributed by atoms with Crippen molar-refractivity contribution in [1.29, 1.82) is 0 Å². The third kappa shape index (κ3) is 1.80. The second-order valence-corrected chi connectivity index (χ2v) is 4.72. The van der Waals surface area contributed by atoms with Gasteiger partial charge in [-0.25, -0.2) is 4.68 Å². The van der Waals surface area contributed by atoms with Crippen molar-refractivity contribution >= 4 is 16.8 Å². The summed E-state index contributed by atoms with van der Waals surface area (Å²) < 4.78 is 12.3. The minimum absolute atomic E-state index is 0.228. The number of nitrogens with zero attached hydrogens (tertiary/aromatic N) is 2. The fourth-order valence-corrected chi connectivity index (χ4v) is 2.40. The number of carbonyl (C=O) groups is 1. The van der Waals surface area contributed by atoms with Gasteiger partial charge in [-0.1, -0.05) is 12.1 Å². The van der Waals surface area contributed by atoms with E-state index < -0.39 is 5.91 Å². The van der Waals surface area contributed by atoms with Crippen molar-refractivity contribution in [3.05, 3.63) is 48.2 Å². The number of hydrogen-bond donors (Lipinski definition) is 1. The minimum Gasteiger partial charge on any atom is -0.454 e. The summed E-state index contributed by atoms with van der Waals surface area (Å²) in [7, 11) is 0. The van der Waals surface area contributed by atoms with Crippen molar-refractivity contribution in [3.8, 4) is 17.2 Å². The van der Waals surface area contributed by atoms with Crippen LogP contribution < -0.4 is 15.2 Å². The molecular weight excluding hydrogens is 270 g/mol. The Balaban J connectivity index is 1.87. The average Bonchev–Trinajstić information content (AvgIpc) is 3.11. The molecule has 1 aromatic heterocycles. The summed E-state index contributed by atoms with van der Waals surface area (Å²) in [5.74, 6) is 0.909. The second-order valence-electron chi connectivity index (χ2n) is 4.72. The number of fused-ring (bicyclic) bond motifs is 2. The average molecular weight is 281 g/mol. The van der Waals surface area contributed by atoms with Gasteiger partial charge in [-0.3, -0.25) is 4.79 Å². The fraction of sp³-hybridized carbons (Fsp3) is 0.0667. The summed E-state index contributed by atoms with van der Waals surface area (Å²) >= 11 is 0. The van der Waals surface area contributed by atoms with Crippen LogP contribution in [0.5, 0.6) is 11.5 Å². The first kappa shape index (κ1) is 11.8. The molecule has 0 fully saturated rings. The maximum Gasteiger partial charge on any atom is 0.250 e. The topological polar surface area (TPSA) is 79.4 Å². The van der Waals surface area contributed by atoms with Gasteiger partial charge in [0.1, 0.15) is 5.52 Å². The molecule has 1 aliphatic heterocycles. The van der Waals surface area contributed by atoms with E-state index in [0.717, 1.165) is 11.1 Å². The Hall–Kier alpha value is -3.02. The monoisotopic (exact) mass is 281 g/mol. The third-order valence-corrected chi connectivity index (χ3v) is 3.42. The summed E-state index contributed by atoms with van der Waals surface area (Å²) in [6, 6.07) is 10.9. The van der Waals surface area contributed by atoms with Gasteiger partial charge in [-0.2, -0.15) is 5.10 Å². The van der Waals surface area contributed by atoms with Crippen molar-refractivity contribution in [1.82, 2.24) is 9.78 Å². The molecule has 104 valence electrons. The highest BCUT2D eigenvalue weighted by atomic mass is 16.7. The molecule has 6 heteroatoms. The summed E-state index contributed by atoms with van der Waals surface area (Å²) in [5, 5.41) is 5.30. The SMILES string of the molecule is NC(=O)c1cccc2cn(-c3ccc4c(c3)OCO4)nc12. The van der Waals surface area contributed by atoms with Gasteiger partial charge in [0.15, 0.2) is 11.5 Å². The van der Waals surface area contributed by atoms with Gasteiger partial charge < -0.3 is 15.2 Å². The molecule has 0 unspecified atom stereocenters. The van der Waals surface area contributed by atoms with Crippen LogP contribution in [0, 0.1) is 0 Å². The molecule has 0 saturated carbocycles. The first-order valence-corrected chi connectivity index (χ1v) is 6.40. The number of benzene rings is 2. The summed E-state index contributed by atoms with van der Waals surface area (Å²) in [6.07, 6.45) is 1.85. The van der Waals surface area contributed by atoms with Crippen molar-refractivity contribution < 1.29 is 14.3 Å². The summed E-state index contributed by atoms with van der Waals surface area (Å²) in [5.41, 5.74) is 7.20. The molecule has 3 aromatic rings. The van der Waals surface area contributed by atoms with Gasteiger partial charge in [0.05, 0.1) is 11.3 Å². The predicted octanol–water partition coefficient (Wildman–Crippen LogP) is 1.85. The molecule has 0 atom stereocenters. The van der Waals surface area contributed by atoms with E-state index in [1.54, 1.807) is 16.8 Å². The Morgan fingerprint density at radius 2 is 2.05 bits per heavy atom. The van der Waals surface area contributed by atoms with Gasteiger partial charge >= 0.3 is 0 Å². The predicted molar refractivity (Wildman–Crippen MR) is 75.7 cm³/mol. The molecule has 1 amide bonds. The number of aromatic nitrogens is 2.